The van der Waals surface area contributed by atoms with Crippen molar-refractivity contribution in [3.8, 4) is 11.1 Å². The van der Waals surface area contributed by atoms with Crippen LogP contribution in [-0.4, -0.2) is 17.6 Å². The Morgan fingerprint density at radius 3 is 2.00 bits per heavy atom. The van der Waals surface area contributed by atoms with Crippen molar-refractivity contribution >= 4 is 0 Å². The summed E-state index contributed by atoms with van der Waals surface area (Å²) in [4.78, 5) is 0. The maximum Gasteiger partial charge on any atom is 0.289 e. The van der Waals surface area contributed by atoms with E-state index < -0.39 is 18.6 Å². The third kappa shape index (κ3) is 2.97. The van der Waals surface area contributed by atoms with Gasteiger partial charge in [0, 0.05) is 0 Å². The zero-order valence-corrected chi connectivity index (χ0v) is 10.3. The standard InChI is InChI=1S/C15H15F2NO/c16-15(17,10-19)14(18)13-8-6-12(7-9-13)11-4-2-1-3-5-11/h1-9,14,19H,10,18H2/t14-/m1/s1. The smallest absolute Gasteiger partial charge is 0.289 e. The predicted molar refractivity (Wildman–Crippen MR) is 70.8 cm³/mol. The molecule has 0 aliphatic heterocycles. The van der Waals surface area contributed by atoms with Crippen LogP contribution in [0.3, 0.4) is 0 Å². The fraction of sp³-hybridized carbons (Fsp3) is 0.200. The van der Waals surface area contributed by atoms with E-state index in [0.29, 0.717) is 5.56 Å². The summed E-state index contributed by atoms with van der Waals surface area (Å²) in [7, 11) is 0. The highest BCUT2D eigenvalue weighted by Gasteiger charge is 2.37. The van der Waals surface area contributed by atoms with Gasteiger partial charge < -0.3 is 10.8 Å². The maximum atomic E-state index is 13.3. The van der Waals surface area contributed by atoms with E-state index in [0.717, 1.165) is 11.1 Å². The monoisotopic (exact) mass is 263 g/mol. The Morgan fingerprint density at radius 1 is 0.947 bits per heavy atom. The van der Waals surface area contributed by atoms with Crippen LogP contribution in [0.15, 0.2) is 54.6 Å². The zero-order chi connectivity index (χ0) is 13.9. The van der Waals surface area contributed by atoms with Gasteiger partial charge in [0.1, 0.15) is 6.61 Å². The molecule has 0 aliphatic carbocycles. The lowest BCUT2D eigenvalue weighted by Gasteiger charge is -2.21. The summed E-state index contributed by atoms with van der Waals surface area (Å²) in [5.74, 6) is -3.31. The second kappa shape index (κ2) is 5.47. The van der Waals surface area contributed by atoms with E-state index >= 15 is 0 Å². The van der Waals surface area contributed by atoms with Gasteiger partial charge in [-0.05, 0) is 16.7 Å². The van der Waals surface area contributed by atoms with Crippen molar-refractivity contribution in [3.63, 3.8) is 0 Å². The Bertz CT molecular complexity index is 526. The summed E-state index contributed by atoms with van der Waals surface area (Å²) in [6.45, 7) is -1.26. The molecule has 0 aliphatic rings. The molecule has 0 saturated carbocycles. The van der Waals surface area contributed by atoms with Crippen LogP contribution in [0.1, 0.15) is 11.6 Å². The van der Waals surface area contributed by atoms with Gasteiger partial charge in [-0.1, -0.05) is 54.6 Å². The lowest BCUT2D eigenvalue weighted by Crippen LogP contribution is -2.36. The normalized spacial score (nSPS) is 13.3. The van der Waals surface area contributed by atoms with Crippen LogP contribution < -0.4 is 5.73 Å². The molecule has 19 heavy (non-hydrogen) atoms. The van der Waals surface area contributed by atoms with Crippen molar-refractivity contribution in [2.45, 2.75) is 12.0 Å². The molecule has 2 aromatic rings. The quantitative estimate of drug-likeness (QED) is 0.890. The number of alkyl halides is 2. The first-order valence-electron chi connectivity index (χ1n) is 5.94. The van der Waals surface area contributed by atoms with Crippen LogP contribution >= 0.6 is 0 Å². The van der Waals surface area contributed by atoms with Crippen molar-refractivity contribution in [1.29, 1.82) is 0 Å². The SMILES string of the molecule is N[C@H](c1ccc(-c2ccccc2)cc1)C(F)(F)CO. The minimum absolute atomic E-state index is 0.304. The zero-order valence-electron chi connectivity index (χ0n) is 10.3. The molecule has 0 heterocycles. The number of rotatable bonds is 4. The minimum atomic E-state index is -3.31. The van der Waals surface area contributed by atoms with E-state index in [1.807, 2.05) is 30.3 Å². The fourth-order valence-corrected chi connectivity index (χ4v) is 1.86. The molecule has 0 amide bonds. The lowest BCUT2D eigenvalue weighted by atomic mass is 9.98. The first-order chi connectivity index (χ1) is 9.04. The fourth-order valence-electron chi connectivity index (χ4n) is 1.86. The molecular weight excluding hydrogens is 248 g/mol. The Labute approximate surface area is 110 Å². The van der Waals surface area contributed by atoms with Crippen molar-refractivity contribution in [2.24, 2.45) is 5.73 Å². The van der Waals surface area contributed by atoms with Crippen LogP contribution in [0.2, 0.25) is 0 Å². The summed E-state index contributed by atoms with van der Waals surface area (Å²) in [6, 6.07) is 14.7. The Morgan fingerprint density at radius 2 is 1.47 bits per heavy atom. The van der Waals surface area contributed by atoms with E-state index in [1.165, 1.54) is 0 Å². The molecule has 0 saturated heterocycles. The molecule has 0 spiro atoms. The highest BCUT2D eigenvalue weighted by Crippen LogP contribution is 2.30. The number of nitrogens with two attached hydrogens (primary N) is 1. The van der Waals surface area contributed by atoms with Gasteiger partial charge in [-0.15, -0.1) is 0 Å². The Hall–Kier alpha value is -1.78. The van der Waals surface area contributed by atoms with Gasteiger partial charge >= 0.3 is 0 Å². The summed E-state index contributed by atoms with van der Waals surface area (Å²) in [5.41, 5.74) is 7.71. The molecular formula is C15H15F2NO. The van der Waals surface area contributed by atoms with E-state index in [9.17, 15) is 8.78 Å². The Balaban J connectivity index is 2.24. The summed E-state index contributed by atoms with van der Waals surface area (Å²) in [6.07, 6.45) is 0. The van der Waals surface area contributed by atoms with Crippen molar-refractivity contribution in [2.75, 3.05) is 6.61 Å². The van der Waals surface area contributed by atoms with Gasteiger partial charge in [0.15, 0.2) is 0 Å². The average molecular weight is 263 g/mol. The lowest BCUT2D eigenvalue weighted by molar-refractivity contribution is -0.0711. The molecule has 2 nitrogen and oxygen atoms in total. The molecule has 0 fully saturated rings. The Kier molecular flexibility index (Phi) is 3.93. The number of aliphatic hydroxyl groups excluding tert-OH is 1. The number of hydrogen-bond donors (Lipinski definition) is 2. The third-order valence-corrected chi connectivity index (χ3v) is 3.04. The summed E-state index contributed by atoms with van der Waals surface area (Å²) in [5, 5.41) is 8.63. The first kappa shape index (κ1) is 13.6. The molecule has 0 aromatic heterocycles. The van der Waals surface area contributed by atoms with Crippen LogP contribution in [0, 0.1) is 0 Å². The van der Waals surface area contributed by atoms with E-state index in [-0.39, 0.29) is 0 Å². The second-order valence-electron chi connectivity index (χ2n) is 4.38. The largest absolute Gasteiger partial charge is 0.390 e. The maximum absolute atomic E-state index is 13.3. The van der Waals surface area contributed by atoms with Crippen molar-refractivity contribution < 1.29 is 13.9 Å². The van der Waals surface area contributed by atoms with Gasteiger partial charge in [0.25, 0.3) is 5.92 Å². The molecule has 2 aromatic carbocycles. The van der Waals surface area contributed by atoms with Gasteiger partial charge in [-0.25, -0.2) is 8.78 Å². The number of halogens is 2. The minimum Gasteiger partial charge on any atom is -0.390 e. The molecule has 0 bridgehead atoms. The number of aliphatic hydroxyl groups is 1. The average Bonchev–Trinajstić information content (AvgIpc) is 2.47. The first-order valence-corrected chi connectivity index (χ1v) is 5.94. The molecule has 100 valence electrons. The summed E-state index contributed by atoms with van der Waals surface area (Å²) < 4.78 is 26.6. The molecule has 4 heteroatoms. The van der Waals surface area contributed by atoms with Crippen molar-refractivity contribution in [1.82, 2.24) is 0 Å². The summed E-state index contributed by atoms with van der Waals surface area (Å²) >= 11 is 0. The van der Waals surface area contributed by atoms with Crippen LogP contribution in [0.5, 0.6) is 0 Å². The van der Waals surface area contributed by atoms with E-state index in [2.05, 4.69) is 0 Å². The number of benzene rings is 2. The highest BCUT2D eigenvalue weighted by atomic mass is 19.3. The second-order valence-corrected chi connectivity index (χ2v) is 4.38. The van der Waals surface area contributed by atoms with Crippen LogP contribution in [0.25, 0.3) is 11.1 Å². The molecule has 0 radical (unpaired) electrons. The molecule has 1 atom stereocenters. The topological polar surface area (TPSA) is 46.2 Å². The predicted octanol–water partition coefficient (Wildman–Crippen LogP) is 2.98. The van der Waals surface area contributed by atoms with Gasteiger partial charge in [-0.3, -0.25) is 0 Å². The highest BCUT2D eigenvalue weighted by molar-refractivity contribution is 5.63. The molecule has 0 unspecified atom stereocenters. The van der Waals surface area contributed by atoms with Crippen LogP contribution in [0.4, 0.5) is 8.78 Å². The van der Waals surface area contributed by atoms with Gasteiger partial charge in [-0.2, -0.15) is 0 Å². The van der Waals surface area contributed by atoms with Crippen molar-refractivity contribution in [3.05, 3.63) is 60.2 Å². The van der Waals surface area contributed by atoms with Gasteiger partial charge in [0.05, 0.1) is 6.04 Å². The van der Waals surface area contributed by atoms with E-state index in [4.69, 9.17) is 10.8 Å². The third-order valence-electron chi connectivity index (χ3n) is 3.04. The van der Waals surface area contributed by atoms with Crippen LogP contribution in [-0.2, 0) is 0 Å². The van der Waals surface area contributed by atoms with Gasteiger partial charge in [0.2, 0.25) is 0 Å². The molecule has 2 rings (SSSR count). The van der Waals surface area contributed by atoms with E-state index in [1.54, 1.807) is 24.3 Å². The molecule has 3 N–H and O–H groups in total. The number of hydrogen-bond acceptors (Lipinski definition) is 2.